The van der Waals surface area contributed by atoms with Crippen LogP contribution in [0.3, 0.4) is 0 Å². The Hall–Kier alpha value is -1.84. The molecule has 2 atom stereocenters. The van der Waals surface area contributed by atoms with Crippen LogP contribution in [0.25, 0.3) is 6.08 Å². The number of rotatable bonds is 3. The van der Waals surface area contributed by atoms with Crippen molar-refractivity contribution >= 4 is 17.9 Å². The van der Waals surface area contributed by atoms with Crippen molar-refractivity contribution in [1.29, 1.82) is 0 Å². The topological polar surface area (TPSA) is 53.4 Å². The van der Waals surface area contributed by atoms with Gasteiger partial charge in [-0.1, -0.05) is 6.92 Å². The predicted octanol–water partition coefficient (Wildman–Crippen LogP) is 2.80. The minimum Gasteiger partial charge on any atom is -0.478 e. The highest BCUT2D eigenvalue weighted by Crippen LogP contribution is 2.27. The van der Waals surface area contributed by atoms with Crippen molar-refractivity contribution in [2.45, 2.75) is 32.7 Å². The third-order valence-corrected chi connectivity index (χ3v) is 3.86. The zero-order valence-electron chi connectivity index (χ0n) is 11.4. The Morgan fingerprint density at radius 3 is 2.89 bits per heavy atom. The summed E-state index contributed by atoms with van der Waals surface area (Å²) in [6.45, 7) is 5.56. The van der Waals surface area contributed by atoms with Gasteiger partial charge in [0.05, 0.1) is 0 Å². The van der Waals surface area contributed by atoms with E-state index in [1.165, 1.54) is 12.8 Å². The first-order valence-electron chi connectivity index (χ1n) is 6.71. The van der Waals surface area contributed by atoms with Gasteiger partial charge in [-0.25, -0.2) is 9.78 Å². The summed E-state index contributed by atoms with van der Waals surface area (Å²) in [5, 5.41) is 8.58. The van der Waals surface area contributed by atoms with Gasteiger partial charge in [-0.3, -0.25) is 0 Å². The van der Waals surface area contributed by atoms with Crippen molar-refractivity contribution in [3.8, 4) is 0 Å². The molecule has 1 aliphatic heterocycles. The molecule has 1 aromatic rings. The zero-order valence-corrected chi connectivity index (χ0v) is 11.4. The molecule has 4 nitrogen and oxygen atoms in total. The Morgan fingerprint density at radius 1 is 1.47 bits per heavy atom. The molecule has 0 amide bonds. The highest BCUT2D eigenvalue weighted by Gasteiger charge is 2.25. The van der Waals surface area contributed by atoms with Crippen molar-refractivity contribution in [1.82, 2.24) is 4.98 Å². The molecular weight excluding hydrogens is 240 g/mol. The number of anilines is 1. The fraction of sp³-hybridized carbons (Fsp3) is 0.467. The number of hydrogen-bond donors (Lipinski definition) is 1. The first kappa shape index (κ1) is 13.6. The van der Waals surface area contributed by atoms with Gasteiger partial charge in [-0.05, 0) is 49.5 Å². The summed E-state index contributed by atoms with van der Waals surface area (Å²) >= 11 is 0. The molecule has 1 saturated heterocycles. The van der Waals surface area contributed by atoms with E-state index < -0.39 is 5.97 Å². The molecule has 102 valence electrons. The van der Waals surface area contributed by atoms with Crippen LogP contribution in [0.1, 0.15) is 32.3 Å². The molecule has 4 heteroatoms. The molecule has 0 radical (unpaired) electrons. The highest BCUT2D eigenvalue weighted by atomic mass is 16.4. The van der Waals surface area contributed by atoms with E-state index in [2.05, 4.69) is 23.7 Å². The van der Waals surface area contributed by atoms with Crippen LogP contribution in [0.4, 0.5) is 5.82 Å². The van der Waals surface area contributed by atoms with E-state index in [-0.39, 0.29) is 0 Å². The Morgan fingerprint density at radius 2 is 2.26 bits per heavy atom. The number of piperidine rings is 1. The van der Waals surface area contributed by atoms with Crippen LogP contribution in [0.15, 0.2) is 24.4 Å². The molecule has 1 aliphatic rings. The van der Waals surface area contributed by atoms with E-state index in [1.807, 2.05) is 12.1 Å². The maximum atomic E-state index is 10.5. The number of carbonyl (C=O) groups is 1. The van der Waals surface area contributed by atoms with Gasteiger partial charge < -0.3 is 10.0 Å². The second kappa shape index (κ2) is 5.87. The second-order valence-corrected chi connectivity index (χ2v) is 5.17. The number of hydrogen-bond acceptors (Lipinski definition) is 3. The van der Waals surface area contributed by atoms with Gasteiger partial charge in [0, 0.05) is 24.9 Å². The van der Waals surface area contributed by atoms with Crippen molar-refractivity contribution in [2.24, 2.45) is 5.92 Å². The summed E-state index contributed by atoms with van der Waals surface area (Å²) in [5.74, 6) is 0.719. The molecular formula is C15H20N2O2. The summed E-state index contributed by atoms with van der Waals surface area (Å²) in [7, 11) is 0. The molecule has 0 aliphatic carbocycles. The molecule has 19 heavy (non-hydrogen) atoms. The lowest BCUT2D eigenvalue weighted by Crippen LogP contribution is -2.42. The van der Waals surface area contributed by atoms with Gasteiger partial charge in [0.15, 0.2) is 0 Å². The van der Waals surface area contributed by atoms with E-state index in [0.29, 0.717) is 12.0 Å². The van der Waals surface area contributed by atoms with Crippen LogP contribution in [0.5, 0.6) is 0 Å². The van der Waals surface area contributed by atoms with Crippen molar-refractivity contribution in [3.63, 3.8) is 0 Å². The van der Waals surface area contributed by atoms with E-state index in [4.69, 9.17) is 5.11 Å². The van der Waals surface area contributed by atoms with E-state index in [0.717, 1.165) is 24.0 Å². The number of carboxylic acid groups (broad SMARTS) is 1. The molecule has 2 rings (SSSR count). The van der Waals surface area contributed by atoms with Gasteiger partial charge in [0.2, 0.25) is 0 Å². The van der Waals surface area contributed by atoms with Crippen LogP contribution in [0.2, 0.25) is 0 Å². The van der Waals surface area contributed by atoms with Crippen LogP contribution in [0, 0.1) is 5.92 Å². The molecule has 0 aromatic carbocycles. The van der Waals surface area contributed by atoms with Gasteiger partial charge in [0.1, 0.15) is 5.82 Å². The second-order valence-electron chi connectivity index (χ2n) is 5.17. The molecule has 0 saturated carbocycles. The lowest BCUT2D eigenvalue weighted by Gasteiger charge is -2.38. The fourth-order valence-corrected chi connectivity index (χ4v) is 2.49. The van der Waals surface area contributed by atoms with Gasteiger partial charge in [-0.15, -0.1) is 0 Å². The van der Waals surface area contributed by atoms with Crippen molar-refractivity contribution in [2.75, 3.05) is 11.4 Å². The zero-order chi connectivity index (χ0) is 13.8. The summed E-state index contributed by atoms with van der Waals surface area (Å²) < 4.78 is 0. The Balaban J connectivity index is 2.11. The monoisotopic (exact) mass is 260 g/mol. The average Bonchev–Trinajstić information content (AvgIpc) is 2.40. The Labute approximate surface area is 113 Å². The van der Waals surface area contributed by atoms with E-state index in [1.54, 1.807) is 12.3 Å². The molecule has 2 heterocycles. The summed E-state index contributed by atoms with van der Waals surface area (Å²) in [4.78, 5) is 17.2. The smallest absolute Gasteiger partial charge is 0.328 e. The van der Waals surface area contributed by atoms with Gasteiger partial charge in [-0.2, -0.15) is 0 Å². The maximum Gasteiger partial charge on any atom is 0.328 e. The summed E-state index contributed by atoms with van der Waals surface area (Å²) in [6, 6.07) is 4.38. The lowest BCUT2D eigenvalue weighted by atomic mass is 9.92. The maximum absolute atomic E-state index is 10.5. The van der Waals surface area contributed by atoms with Crippen molar-refractivity contribution in [3.05, 3.63) is 30.0 Å². The van der Waals surface area contributed by atoms with Crippen LogP contribution in [-0.2, 0) is 4.79 Å². The third kappa shape index (κ3) is 3.34. The SMILES string of the molecule is CC1CCCN(c2ccc(/C=C/C(=O)O)cn2)C1C. The quantitative estimate of drug-likeness (QED) is 0.849. The number of carboxylic acids is 1. The minimum absolute atomic E-state index is 0.502. The third-order valence-electron chi connectivity index (χ3n) is 3.86. The molecule has 1 fully saturated rings. The molecule has 2 unspecified atom stereocenters. The number of aromatic nitrogens is 1. The number of aliphatic carboxylic acids is 1. The predicted molar refractivity (Wildman–Crippen MR) is 76.1 cm³/mol. The standard InChI is InChI=1S/C15H20N2O2/c1-11-4-3-9-17(12(11)2)14-7-5-13(10-16-14)6-8-15(18)19/h5-8,10-12H,3-4,9H2,1-2H3,(H,18,19)/b8-6+. The average molecular weight is 260 g/mol. The summed E-state index contributed by atoms with van der Waals surface area (Å²) in [6.07, 6.45) is 6.88. The van der Waals surface area contributed by atoms with Crippen LogP contribution >= 0.6 is 0 Å². The first-order valence-corrected chi connectivity index (χ1v) is 6.71. The van der Waals surface area contributed by atoms with Crippen LogP contribution < -0.4 is 4.90 Å². The number of pyridine rings is 1. The first-order chi connectivity index (χ1) is 9.08. The molecule has 0 spiro atoms. The highest BCUT2D eigenvalue weighted by molar-refractivity contribution is 5.85. The fourth-order valence-electron chi connectivity index (χ4n) is 2.49. The van der Waals surface area contributed by atoms with Gasteiger partial charge >= 0.3 is 5.97 Å². The molecule has 1 N–H and O–H groups in total. The Kier molecular flexibility index (Phi) is 4.20. The van der Waals surface area contributed by atoms with Crippen molar-refractivity contribution < 1.29 is 9.90 Å². The summed E-state index contributed by atoms with van der Waals surface area (Å²) in [5.41, 5.74) is 0.809. The molecule has 1 aromatic heterocycles. The lowest BCUT2D eigenvalue weighted by molar-refractivity contribution is -0.131. The normalized spacial score (nSPS) is 23.8. The van der Waals surface area contributed by atoms with E-state index >= 15 is 0 Å². The minimum atomic E-state index is -0.942. The van der Waals surface area contributed by atoms with E-state index in [9.17, 15) is 4.79 Å². The molecule has 0 bridgehead atoms. The number of nitrogens with zero attached hydrogens (tertiary/aromatic N) is 2. The largest absolute Gasteiger partial charge is 0.478 e. The van der Waals surface area contributed by atoms with Crippen LogP contribution in [-0.4, -0.2) is 28.6 Å². The Bertz CT molecular complexity index is 468. The van der Waals surface area contributed by atoms with Gasteiger partial charge in [0.25, 0.3) is 0 Å².